The smallest absolute Gasteiger partial charge is 0.341 e. The highest BCUT2D eigenvalue weighted by Gasteiger charge is 2.15. The number of aliphatic hydroxyl groups is 1. The summed E-state index contributed by atoms with van der Waals surface area (Å²) in [6.07, 6.45) is 0.0798. The second-order valence-corrected chi connectivity index (χ2v) is 6.63. The maximum atomic E-state index is 11.4. The van der Waals surface area contributed by atoms with Crippen LogP contribution in [0.15, 0.2) is 48.5 Å². The molecule has 8 nitrogen and oxygen atoms in total. The van der Waals surface area contributed by atoms with Crippen LogP contribution in [0.4, 0.5) is 5.69 Å². The Morgan fingerprint density at radius 2 is 1.72 bits per heavy atom. The fourth-order valence-corrected chi connectivity index (χ4v) is 2.67. The Kier molecular flexibility index (Phi) is 8.45. The quantitative estimate of drug-likeness (QED) is 0.359. The Morgan fingerprint density at radius 3 is 2.34 bits per heavy atom. The van der Waals surface area contributed by atoms with Gasteiger partial charge in [-0.15, -0.1) is 0 Å². The van der Waals surface area contributed by atoms with Crippen molar-refractivity contribution in [3.05, 3.63) is 59.7 Å². The lowest BCUT2D eigenvalue weighted by atomic mass is 10.0. The second kappa shape index (κ2) is 11.0. The molecule has 0 bridgehead atoms. The molecule has 0 aliphatic rings. The van der Waals surface area contributed by atoms with E-state index in [4.69, 9.17) is 5.11 Å². The van der Waals surface area contributed by atoms with Crippen LogP contribution in [0.2, 0.25) is 0 Å². The third kappa shape index (κ3) is 7.81. The monoisotopic (exact) mass is 402 g/mol. The van der Waals surface area contributed by atoms with Gasteiger partial charge in [-0.3, -0.25) is 4.79 Å². The number of carbonyl (C=O) groups is 2. The molecule has 0 aliphatic carbocycles. The first-order valence-corrected chi connectivity index (χ1v) is 9.25. The first kappa shape index (κ1) is 22.2. The molecule has 0 heterocycles. The molecular formula is C21H26N2O6. The highest BCUT2D eigenvalue weighted by Crippen LogP contribution is 2.19. The summed E-state index contributed by atoms with van der Waals surface area (Å²) in [5.74, 6) is -1.67. The number of phenolic OH excluding ortho intramolecular Hbond substituents is 1. The van der Waals surface area contributed by atoms with E-state index in [0.717, 1.165) is 23.2 Å². The minimum atomic E-state index is -1.19. The number of esters is 1. The van der Waals surface area contributed by atoms with Crippen molar-refractivity contribution in [3.63, 3.8) is 0 Å². The lowest BCUT2D eigenvalue weighted by molar-refractivity contribution is -0.153. The molecule has 156 valence electrons. The molecule has 0 spiro atoms. The van der Waals surface area contributed by atoms with Crippen LogP contribution in [0, 0.1) is 0 Å². The Morgan fingerprint density at radius 1 is 1.07 bits per heavy atom. The van der Waals surface area contributed by atoms with Gasteiger partial charge in [-0.25, -0.2) is 4.79 Å². The number of aliphatic hydroxyl groups excluding tert-OH is 1. The number of aliphatic carboxylic acids is 1. The summed E-state index contributed by atoms with van der Waals surface area (Å²) in [6, 6.07) is 13.8. The van der Waals surface area contributed by atoms with Crippen molar-refractivity contribution in [2.45, 2.75) is 25.5 Å². The number of carboxylic acids is 1. The van der Waals surface area contributed by atoms with Crippen molar-refractivity contribution in [3.8, 4) is 5.75 Å². The fourth-order valence-electron chi connectivity index (χ4n) is 2.67. The molecule has 0 saturated carbocycles. The predicted octanol–water partition coefficient (Wildman–Crippen LogP) is 1.69. The number of anilines is 1. The van der Waals surface area contributed by atoms with Gasteiger partial charge < -0.3 is 30.7 Å². The van der Waals surface area contributed by atoms with Crippen molar-refractivity contribution in [1.29, 1.82) is 0 Å². The van der Waals surface area contributed by atoms with Gasteiger partial charge in [-0.05, 0) is 55.3 Å². The van der Waals surface area contributed by atoms with Crippen molar-refractivity contribution < 1.29 is 29.6 Å². The highest BCUT2D eigenvalue weighted by atomic mass is 16.5. The van der Waals surface area contributed by atoms with E-state index < -0.39 is 24.6 Å². The average Bonchev–Trinajstić information content (AvgIpc) is 2.71. The Bertz CT molecular complexity index is 792. The van der Waals surface area contributed by atoms with E-state index in [1.807, 2.05) is 31.2 Å². The zero-order valence-corrected chi connectivity index (χ0v) is 16.2. The van der Waals surface area contributed by atoms with Crippen LogP contribution in [0.5, 0.6) is 5.75 Å². The zero-order chi connectivity index (χ0) is 21.2. The number of carboxylic acid groups (broad SMARTS) is 1. The minimum absolute atomic E-state index is 0.110. The van der Waals surface area contributed by atoms with Gasteiger partial charge >= 0.3 is 11.9 Å². The first-order chi connectivity index (χ1) is 13.8. The molecule has 0 radical (unpaired) electrons. The molecule has 0 amide bonds. The van der Waals surface area contributed by atoms with Gasteiger partial charge in [0.1, 0.15) is 12.3 Å². The number of hydrogen-bond donors (Lipinski definition) is 5. The van der Waals surface area contributed by atoms with Gasteiger partial charge in [0.15, 0.2) is 6.61 Å². The van der Waals surface area contributed by atoms with Crippen LogP contribution in [-0.2, 0) is 20.7 Å². The molecule has 5 N–H and O–H groups in total. The summed E-state index contributed by atoms with van der Waals surface area (Å²) in [4.78, 5) is 21.7. The van der Waals surface area contributed by atoms with Gasteiger partial charge in [-0.1, -0.05) is 24.3 Å². The number of hydrogen-bond acceptors (Lipinski definition) is 7. The lowest BCUT2D eigenvalue weighted by Gasteiger charge is -2.21. The van der Waals surface area contributed by atoms with Crippen molar-refractivity contribution >= 4 is 17.6 Å². The summed E-state index contributed by atoms with van der Waals surface area (Å²) < 4.78 is 4.54. The van der Waals surface area contributed by atoms with Gasteiger partial charge in [0, 0.05) is 11.7 Å². The Hall–Kier alpha value is -3.10. The molecule has 0 fully saturated rings. The third-order valence-corrected chi connectivity index (χ3v) is 4.34. The molecule has 0 aliphatic heterocycles. The van der Waals surface area contributed by atoms with Crippen molar-refractivity contribution in [2.24, 2.45) is 0 Å². The van der Waals surface area contributed by atoms with E-state index in [-0.39, 0.29) is 18.3 Å². The molecule has 0 aromatic heterocycles. The molecule has 0 saturated heterocycles. The molecule has 2 rings (SSSR count). The maximum absolute atomic E-state index is 11.4. The van der Waals surface area contributed by atoms with Gasteiger partial charge in [0.05, 0.1) is 6.10 Å². The molecule has 2 atom stereocenters. The molecular weight excluding hydrogens is 376 g/mol. The fraction of sp³-hybridized carbons (Fsp3) is 0.333. The van der Waals surface area contributed by atoms with Gasteiger partial charge in [0.2, 0.25) is 0 Å². The summed E-state index contributed by atoms with van der Waals surface area (Å²) in [7, 11) is 0. The standard InChI is InChI=1S/C21H26N2O6/c1-14(21(28)16-4-8-18(24)9-5-16)22-11-10-15-2-6-17(7-3-15)23-12-20(27)29-13-19(25)26/h2-9,14,21-24,28H,10-13H2,1H3,(H,25,26)/t14-,21-/m0/s1. The van der Waals surface area contributed by atoms with Crippen LogP contribution >= 0.6 is 0 Å². The summed E-state index contributed by atoms with van der Waals surface area (Å²) in [6.45, 7) is 1.81. The SMILES string of the molecule is C[C@H](NCCc1ccc(NCC(=O)OCC(=O)O)cc1)[C@H](O)c1ccc(O)cc1. The second-order valence-electron chi connectivity index (χ2n) is 6.63. The average molecular weight is 402 g/mol. The largest absolute Gasteiger partial charge is 0.508 e. The van der Waals surface area contributed by atoms with E-state index in [2.05, 4.69) is 15.4 Å². The van der Waals surface area contributed by atoms with E-state index in [0.29, 0.717) is 6.54 Å². The summed E-state index contributed by atoms with van der Waals surface area (Å²) in [5, 5.41) is 34.3. The zero-order valence-electron chi connectivity index (χ0n) is 16.2. The minimum Gasteiger partial charge on any atom is -0.508 e. The van der Waals surface area contributed by atoms with Crippen LogP contribution in [-0.4, -0.2) is 53.0 Å². The van der Waals surface area contributed by atoms with Crippen molar-refractivity contribution in [1.82, 2.24) is 5.32 Å². The van der Waals surface area contributed by atoms with Crippen molar-refractivity contribution in [2.75, 3.05) is 25.0 Å². The number of rotatable bonds is 11. The molecule has 2 aromatic carbocycles. The molecule has 8 heteroatoms. The van der Waals surface area contributed by atoms with E-state index in [1.54, 1.807) is 24.3 Å². The molecule has 29 heavy (non-hydrogen) atoms. The number of ether oxygens (including phenoxy) is 1. The summed E-state index contributed by atoms with van der Waals surface area (Å²) >= 11 is 0. The molecule has 0 unspecified atom stereocenters. The third-order valence-electron chi connectivity index (χ3n) is 4.34. The Labute approximate surface area is 169 Å². The number of phenols is 1. The van der Waals surface area contributed by atoms with Gasteiger partial charge in [-0.2, -0.15) is 0 Å². The summed E-state index contributed by atoms with van der Waals surface area (Å²) in [5.41, 5.74) is 2.55. The van der Waals surface area contributed by atoms with E-state index in [1.165, 1.54) is 0 Å². The van der Waals surface area contributed by atoms with Gasteiger partial charge in [0.25, 0.3) is 0 Å². The lowest BCUT2D eigenvalue weighted by Crippen LogP contribution is -2.33. The van der Waals surface area contributed by atoms with Crippen LogP contribution in [0.3, 0.4) is 0 Å². The number of nitrogens with one attached hydrogen (secondary N) is 2. The van der Waals surface area contributed by atoms with Crippen LogP contribution in [0.1, 0.15) is 24.2 Å². The maximum Gasteiger partial charge on any atom is 0.341 e. The number of carbonyl (C=O) groups excluding carboxylic acids is 1. The first-order valence-electron chi connectivity index (χ1n) is 9.25. The highest BCUT2D eigenvalue weighted by molar-refractivity contribution is 5.78. The predicted molar refractivity (Wildman–Crippen MR) is 108 cm³/mol. The van der Waals surface area contributed by atoms with Crippen LogP contribution in [0.25, 0.3) is 0 Å². The number of aromatic hydroxyl groups is 1. The topological polar surface area (TPSA) is 128 Å². The van der Waals surface area contributed by atoms with Crippen LogP contribution < -0.4 is 10.6 Å². The number of benzene rings is 2. The normalized spacial score (nSPS) is 12.8. The molecule has 2 aromatic rings. The van der Waals surface area contributed by atoms with E-state index in [9.17, 15) is 19.8 Å². The van der Waals surface area contributed by atoms with E-state index >= 15 is 0 Å². The Balaban J connectivity index is 1.72.